The van der Waals surface area contributed by atoms with Crippen LogP contribution in [0.2, 0.25) is 0 Å². The van der Waals surface area contributed by atoms with Crippen molar-refractivity contribution in [1.82, 2.24) is 15.5 Å². The lowest BCUT2D eigenvalue weighted by Crippen LogP contribution is -2.76. The largest absolute Gasteiger partial charge is 0.447 e. The van der Waals surface area contributed by atoms with Crippen molar-refractivity contribution in [2.45, 2.75) is 49.8 Å². The highest BCUT2D eigenvalue weighted by Crippen LogP contribution is 2.44. The minimum Gasteiger partial charge on any atom is -0.447 e. The van der Waals surface area contributed by atoms with Gasteiger partial charge >= 0.3 is 6.09 Å². The van der Waals surface area contributed by atoms with Crippen molar-refractivity contribution in [3.8, 4) is 0 Å². The number of guanidine groups is 2. The first-order valence-corrected chi connectivity index (χ1v) is 7.78. The van der Waals surface area contributed by atoms with Gasteiger partial charge in [0, 0.05) is 19.0 Å². The molecule has 3 aliphatic heterocycles. The molecule has 0 aromatic carbocycles. The van der Waals surface area contributed by atoms with Gasteiger partial charge in [-0.1, -0.05) is 0 Å². The Balaban J connectivity index is 1.85. The predicted octanol–water partition coefficient (Wildman–Crippen LogP) is -2.81. The number of aliphatic imine (C=N–C) groups is 2. The number of carbonyl (C=O) groups excluding carboxylic acids is 1. The summed E-state index contributed by atoms with van der Waals surface area (Å²) in [7, 11) is 0. The highest BCUT2D eigenvalue weighted by Gasteiger charge is 2.69. The first-order chi connectivity index (χ1) is 11.2. The number of aliphatic hydroxyl groups is 2. The van der Waals surface area contributed by atoms with E-state index in [2.05, 4.69) is 20.6 Å². The molecule has 0 saturated carbocycles. The van der Waals surface area contributed by atoms with Crippen LogP contribution >= 0.6 is 0 Å². The molecule has 3 atom stereocenters. The second-order valence-corrected chi connectivity index (χ2v) is 6.52. The van der Waals surface area contributed by atoms with Crippen molar-refractivity contribution in [3.05, 3.63) is 0 Å². The van der Waals surface area contributed by atoms with Gasteiger partial charge < -0.3 is 42.0 Å². The Labute approximate surface area is 138 Å². The third-order valence-electron chi connectivity index (χ3n) is 4.48. The van der Waals surface area contributed by atoms with Gasteiger partial charge in [0.25, 0.3) is 0 Å². The maximum Gasteiger partial charge on any atom is 0.407 e. The molecule has 0 bridgehead atoms. The Bertz CT molecular complexity index is 605. The van der Waals surface area contributed by atoms with E-state index in [1.807, 2.05) is 0 Å². The highest BCUT2D eigenvalue weighted by atomic mass is 16.5. The Morgan fingerprint density at radius 1 is 1.50 bits per heavy atom. The SMILES string of the molecule is CC(C)NC(=O)OCC1N=C(N)N2CCC(O)(O)C23NC(N)=N[C@@H]13. The van der Waals surface area contributed by atoms with Gasteiger partial charge in [0.2, 0.25) is 5.79 Å². The fraction of sp³-hybridized carbons (Fsp3) is 0.769. The molecule has 24 heavy (non-hydrogen) atoms. The standard InChI is InChI=1S/C13H23N7O4/c1-6(2)16-11(21)24-5-7-8-13(19-9(14)18-8)12(22,23)3-4-20(13)10(15)17-7/h6-8,22-23H,3-5H2,1-2H3,(H2,15,17)(H,16,21)(H3,14,18,19)/t7?,8-,13?/m0/s1. The number of nitrogens with two attached hydrogens (primary N) is 2. The van der Waals surface area contributed by atoms with Crippen molar-refractivity contribution in [2.75, 3.05) is 13.2 Å². The Morgan fingerprint density at radius 2 is 2.21 bits per heavy atom. The first kappa shape index (κ1) is 16.6. The van der Waals surface area contributed by atoms with E-state index in [1.165, 1.54) is 0 Å². The third kappa shape index (κ3) is 2.31. The molecule has 1 spiro atoms. The van der Waals surface area contributed by atoms with Crippen molar-refractivity contribution >= 4 is 18.0 Å². The fourth-order valence-electron chi connectivity index (χ4n) is 3.50. The third-order valence-corrected chi connectivity index (χ3v) is 4.48. The summed E-state index contributed by atoms with van der Waals surface area (Å²) in [6.07, 6.45) is -0.541. The van der Waals surface area contributed by atoms with Gasteiger partial charge in [0.1, 0.15) is 18.7 Å². The van der Waals surface area contributed by atoms with E-state index in [0.717, 1.165) is 0 Å². The van der Waals surface area contributed by atoms with Crippen LogP contribution in [0.4, 0.5) is 4.79 Å². The molecule has 0 radical (unpaired) electrons. The van der Waals surface area contributed by atoms with E-state index >= 15 is 0 Å². The molecular formula is C13H23N7O4. The maximum absolute atomic E-state index is 11.7. The average molecular weight is 341 g/mol. The van der Waals surface area contributed by atoms with E-state index in [0.29, 0.717) is 0 Å². The molecule has 134 valence electrons. The van der Waals surface area contributed by atoms with Gasteiger partial charge in [-0.05, 0) is 13.8 Å². The molecular weight excluding hydrogens is 318 g/mol. The van der Waals surface area contributed by atoms with Crippen molar-refractivity contribution in [3.63, 3.8) is 0 Å². The van der Waals surface area contributed by atoms with Crippen LogP contribution in [0.15, 0.2) is 9.98 Å². The van der Waals surface area contributed by atoms with Crippen LogP contribution in [0.5, 0.6) is 0 Å². The molecule has 1 fully saturated rings. The zero-order valence-electron chi connectivity index (χ0n) is 13.6. The van der Waals surface area contributed by atoms with Gasteiger partial charge in [0.05, 0.1) is 0 Å². The molecule has 0 aromatic heterocycles. The normalized spacial score (nSPS) is 33.3. The fourth-order valence-corrected chi connectivity index (χ4v) is 3.50. The van der Waals surface area contributed by atoms with Crippen molar-refractivity contribution in [1.29, 1.82) is 0 Å². The lowest BCUT2D eigenvalue weighted by atomic mass is 9.87. The van der Waals surface area contributed by atoms with Gasteiger partial charge in [0.15, 0.2) is 17.6 Å². The van der Waals surface area contributed by atoms with Gasteiger partial charge in [-0.2, -0.15) is 0 Å². The van der Waals surface area contributed by atoms with E-state index in [4.69, 9.17) is 16.2 Å². The number of rotatable bonds is 3. The maximum atomic E-state index is 11.7. The average Bonchev–Trinajstić information content (AvgIpc) is 2.94. The molecule has 11 nitrogen and oxygen atoms in total. The van der Waals surface area contributed by atoms with Crippen LogP contribution in [-0.4, -0.2) is 75.9 Å². The summed E-state index contributed by atoms with van der Waals surface area (Å²) in [6.45, 7) is 3.78. The van der Waals surface area contributed by atoms with E-state index in [9.17, 15) is 15.0 Å². The van der Waals surface area contributed by atoms with Crippen LogP contribution in [0.25, 0.3) is 0 Å². The molecule has 11 heteroatoms. The van der Waals surface area contributed by atoms with Gasteiger partial charge in [-0.25, -0.2) is 14.8 Å². The Morgan fingerprint density at radius 3 is 2.88 bits per heavy atom. The summed E-state index contributed by atoms with van der Waals surface area (Å²) >= 11 is 0. The molecule has 0 aliphatic carbocycles. The van der Waals surface area contributed by atoms with Crippen molar-refractivity contribution < 1.29 is 19.7 Å². The molecule has 1 amide bonds. The monoisotopic (exact) mass is 341 g/mol. The summed E-state index contributed by atoms with van der Waals surface area (Å²) in [6, 6.07) is -1.52. The zero-order valence-corrected chi connectivity index (χ0v) is 13.6. The van der Waals surface area contributed by atoms with Crippen molar-refractivity contribution in [2.24, 2.45) is 21.5 Å². The minimum absolute atomic E-state index is 0.0525. The quantitative estimate of drug-likeness (QED) is 0.299. The second kappa shape index (κ2) is 5.38. The van der Waals surface area contributed by atoms with E-state index < -0.39 is 29.6 Å². The summed E-state index contributed by atoms with van der Waals surface area (Å²) < 4.78 is 5.17. The Hall–Kier alpha value is -2.27. The lowest BCUT2D eigenvalue weighted by Gasteiger charge is -2.48. The number of ether oxygens (including phenoxy) is 1. The van der Waals surface area contributed by atoms with Crippen LogP contribution in [0.3, 0.4) is 0 Å². The summed E-state index contributed by atoms with van der Waals surface area (Å²) in [4.78, 5) is 21.8. The summed E-state index contributed by atoms with van der Waals surface area (Å²) in [5.41, 5.74) is 10.3. The number of carbonyl (C=O) groups is 1. The minimum atomic E-state index is -2.11. The summed E-state index contributed by atoms with van der Waals surface area (Å²) in [5, 5.41) is 26.4. The van der Waals surface area contributed by atoms with Crippen LogP contribution in [0.1, 0.15) is 20.3 Å². The second-order valence-electron chi connectivity index (χ2n) is 6.52. The smallest absolute Gasteiger partial charge is 0.407 e. The molecule has 1 saturated heterocycles. The van der Waals surface area contributed by atoms with Crippen LogP contribution in [0, 0.1) is 0 Å². The lowest BCUT2D eigenvalue weighted by molar-refractivity contribution is -0.221. The number of alkyl carbamates (subject to hydrolysis) is 1. The highest BCUT2D eigenvalue weighted by molar-refractivity contribution is 5.87. The molecule has 8 N–H and O–H groups in total. The van der Waals surface area contributed by atoms with Crippen LogP contribution < -0.4 is 22.1 Å². The number of nitrogens with one attached hydrogen (secondary N) is 2. The number of amides is 1. The van der Waals surface area contributed by atoms with E-state index in [1.54, 1.807) is 18.7 Å². The number of nitrogens with zero attached hydrogens (tertiary/aromatic N) is 3. The molecule has 2 unspecified atom stereocenters. The zero-order chi connectivity index (χ0) is 17.7. The molecule has 3 aliphatic rings. The van der Waals surface area contributed by atoms with Gasteiger partial charge in [-0.15, -0.1) is 0 Å². The topological polar surface area (TPSA) is 171 Å². The summed E-state index contributed by atoms with van der Waals surface area (Å²) in [5.74, 6) is -1.94. The van der Waals surface area contributed by atoms with Gasteiger partial charge in [-0.3, -0.25) is 0 Å². The first-order valence-electron chi connectivity index (χ1n) is 7.78. The molecule has 3 rings (SSSR count). The van der Waals surface area contributed by atoms with E-state index in [-0.39, 0.29) is 37.5 Å². The van der Waals surface area contributed by atoms with Crippen LogP contribution in [-0.2, 0) is 4.74 Å². The number of hydrogen-bond acceptors (Lipinski definition) is 10. The molecule has 3 heterocycles. The molecule has 0 aromatic rings. The Kier molecular flexibility index (Phi) is 3.72. The predicted molar refractivity (Wildman–Crippen MR) is 84.8 cm³/mol. The number of hydrogen-bond donors (Lipinski definition) is 6.